The number of hydrogen-bond donors (Lipinski definition) is 0. The van der Waals surface area contributed by atoms with Crippen molar-refractivity contribution >= 4 is 26.8 Å². The van der Waals surface area contributed by atoms with Crippen molar-refractivity contribution in [3.8, 4) is 0 Å². The van der Waals surface area contributed by atoms with E-state index in [0.29, 0.717) is 0 Å². The van der Waals surface area contributed by atoms with E-state index in [-0.39, 0.29) is 5.56 Å². The van der Waals surface area contributed by atoms with Crippen molar-refractivity contribution < 1.29 is 0 Å². The molecule has 1 aromatic carbocycles. The van der Waals surface area contributed by atoms with Crippen molar-refractivity contribution in [2.45, 2.75) is 6.54 Å². The second kappa shape index (κ2) is 4.63. The number of hydrogen-bond acceptors (Lipinski definition) is 2. The average molecular weight is 295 g/mol. The zero-order valence-electron chi connectivity index (χ0n) is 10.2. The van der Waals surface area contributed by atoms with E-state index in [1.54, 1.807) is 17.7 Å². The van der Waals surface area contributed by atoms with E-state index in [1.165, 1.54) is 0 Å². The molecule has 4 heteroatoms. The van der Waals surface area contributed by atoms with E-state index in [9.17, 15) is 4.79 Å². The van der Waals surface area contributed by atoms with Crippen molar-refractivity contribution in [3.05, 3.63) is 44.7 Å². The summed E-state index contributed by atoms with van der Waals surface area (Å²) in [7, 11) is 5.81. The van der Waals surface area contributed by atoms with Crippen LogP contribution in [-0.4, -0.2) is 23.6 Å². The molecule has 2 rings (SSSR count). The van der Waals surface area contributed by atoms with Crippen LogP contribution in [0.5, 0.6) is 0 Å². The highest BCUT2D eigenvalue weighted by Crippen LogP contribution is 2.22. The Bertz CT molecular complexity index is 617. The first-order chi connectivity index (χ1) is 7.99. The maximum atomic E-state index is 11.9. The van der Waals surface area contributed by atoms with Crippen LogP contribution in [0.15, 0.2) is 33.5 Å². The van der Waals surface area contributed by atoms with Gasteiger partial charge in [-0.3, -0.25) is 4.79 Å². The minimum atomic E-state index is 0.0386. The monoisotopic (exact) mass is 294 g/mol. The molecule has 0 atom stereocenters. The van der Waals surface area contributed by atoms with Gasteiger partial charge in [0.05, 0.1) is 5.52 Å². The third-order valence-corrected chi connectivity index (χ3v) is 3.27. The lowest BCUT2D eigenvalue weighted by Gasteiger charge is -2.14. The van der Waals surface area contributed by atoms with Gasteiger partial charge in [0.25, 0.3) is 5.56 Å². The molecule has 0 spiro atoms. The summed E-state index contributed by atoms with van der Waals surface area (Å²) in [6.07, 6.45) is 0. The number of pyridine rings is 1. The van der Waals surface area contributed by atoms with Gasteiger partial charge in [0.2, 0.25) is 0 Å². The lowest BCUT2D eigenvalue weighted by atomic mass is 10.1. The molecule has 17 heavy (non-hydrogen) atoms. The topological polar surface area (TPSA) is 25.2 Å². The molecule has 0 N–H and O–H groups in total. The van der Waals surface area contributed by atoms with Crippen LogP contribution in [0.3, 0.4) is 0 Å². The molecule has 1 heterocycles. The Hall–Kier alpha value is -1.13. The highest BCUT2D eigenvalue weighted by atomic mass is 79.9. The maximum Gasteiger partial charge on any atom is 0.251 e. The molecule has 0 aliphatic carbocycles. The molecular weight excluding hydrogens is 280 g/mol. The van der Waals surface area contributed by atoms with Gasteiger partial charge in [-0.25, -0.2) is 0 Å². The molecule has 0 saturated heterocycles. The Balaban J connectivity index is 2.78. The van der Waals surface area contributed by atoms with Crippen LogP contribution in [0, 0.1) is 0 Å². The second-order valence-electron chi connectivity index (χ2n) is 4.47. The van der Waals surface area contributed by atoms with Gasteiger partial charge >= 0.3 is 0 Å². The van der Waals surface area contributed by atoms with Gasteiger partial charge in [-0.05, 0) is 37.9 Å². The van der Waals surface area contributed by atoms with Crippen LogP contribution < -0.4 is 5.56 Å². The van der Waals surface area contributed by atoms with Crippen molar-refractivity contribution in [1.29, 1.82) is 0 Å². The third-order valence-electron chi connectivity index (χ3n) is 2.78. The predicted molar refractivity (Wildman–Crippen MR) is 74.3 cm³/mol. The quantitative estimate of drug-likeness (QED) is 0.850. The molecule has 0 saturated carbocycles. The van der Waals surface area contributed by atoms with Crippen molar-refractivity contribution in [2.75, 3.05) is 14.1 Å². The smallest absolute Gasteiger partial charge is 0.251 e. The van der Waals surface area contributed by atoms with Gasteiger partial charge in [-0.15, -0.1) is 0 Å². The fourth-order valence-corrected chi connectivity index (χ4v) is 2.33. The average Bonchev–Trinajstić information content (AvgIpc) is 2.25. The molecular formula is C13H15BrN2O. The Morgan fingerprint density at radius 2 is 2.00 bits per heavy atom. The van der Waals surface area contributed by atoms with Gasteiger partial charge in [-0.2, -0.15) is 0 Å². The fraction of sp³-hybridized carbons (Fsp3) is 0.308. The number of rotatable bonds is 2. The van der Waals surface area contributed by atoms with Crippen molar-refractivity contribution in [3.63, 3.8) is 0 Å². The van der Waals surface area contributed by atoms with Crippen LogP contribution in [0.25, 0.3) is 10.9 Å². The number of aromatic nitrogens is 1. The van der Waals surface area contributed by atoms with Crippen molar-refractivity contribution in [1.82, 2.24) is 9.47 Å². The maximum absolute atomic E-state index is 11.9. The Morgan fingerprint density at radius 1 is 1.29 bits per heavy atom. The van der Waals surface area contributed by atoms with E-state index in [1.807, 2.05) is 26.2 Å². The molecule has 0 amide bonds. The Morgan fingerprint density at radius 3 is 2.65 bits per heavy atom. The zero-order chi connectivity index (χ0) is 12.6. The van der Waals surface area contributed by atoms with Crippen LogP contribution in [0.2, 0.25) is 0 Å². The largest absolute Gasteiger partial charge is 0.311 e. The summed E-state index contributed by atoms with van der Waals surface area (Å²) < 4.78 is 2.71. The summed E-state index contributed by atoms with van der Waals surface area (Å²) in [5.41, 5.74) is 2.07. The third kappa shape index (κ3) is 2.42. The number of aryl methyl sites for hydroxylation is 1. The van der Waals surface area contributed by atoms with Crippen LogP contribution in [-0.2, 0) is 13.6 Å². The molecule has 0 fully saturated rings. The summed E-state index contributed by atoms with van der Waals surface area (Å²) in [4.78, 5) is 13.9. The highest BCUT2D eigenvalue weighted by Gasteiger charge is 2.07. The first-order valence-electron chi connectivity index (χ1n) is 5.42. The van der Waals surface area contributed by atoms with Crippen LogP contribution in [0.1, 0.15) is 5.56 Å². The summed E-state index contributed by atoms with van der Waals surface area (Å²) in [6.45, 7) is 0.767. The van der Waals surface area contributed by atoms with Gasteiger partial charge in [0.15, 0.2) is 0 Å². The van der Waals surface area contributed by atoms with E-state index in [2.05, 4.69) is 26.9 Å². The number of nitrogens with zero attached hydrogens (tertiary/aromatic N) is 2. The van der Waals surface area contributed by atoms with E-state index in [4.69, 9.17) is 0 Å². The molecule has 0 radical (unpaired) electrons. The summed E-state index contributed by atoms with van der Waals surface area (Å²) in [5.74, 6) is 0. The summed E-state index contributed by atoms with van der Waals surface area (Å²) in [5, 5.41) is 1.12. The first kappa shape index (κ1) is 12.3. The van der Waals surface area contributed by atoms with Crippen LogP contribution in [0.4, 0.5) is 0 Å². The second-order valence-corrected chi connectivity index (χ2v) is 5.38. The molecule has 0 aliphatic rings. The lowest BCUT2D eigenvalue weighted by molar-refractivity contribution is 0.403. The highest BCUT2D eigenvalue weighted by molar-refractivity contribution is 9.10. The minimum absolute atomic E-state index is 0.0386. The number of fused-ring (bicyclic) bond motifs is 1. The van der Waals surface area contributed by atoms with Gasteiger partial charge in [0, 0.05) is 29.5 Å². The molecule has 90 valence electrons. The molecule has 3 nitrogen and oxygen atoms in total. The summed E-state index contributed by atoms with van der Waals surface area (Å²) in [6, 6.07) is 7.71. The van der Waals surface area contributed by atoms with Crippen LogP contribution >= 0.6 is 15.9 Å². The van der Waals surface area contributed by atoms with E-state index < -0.39 is 0 Å². The van der Waals surface area contributed by atoms with Gasteiger partial charge in [-0.1, -0.05) is 15.9 Å². The molecule has 2 aromatic rings. The first-order valence-corrected chi connectivity index (χ1v) is 6.21. The lowest BCUT2D eigenvalue weighted by Crippen LogP contribution is -2.20. The minimum Gasteiger partial charge on any atom is -0.311 e. The van der Waals surface area contributed by atoms with Crippen molar-refractivity contribution in [2.24, 2.45) is 7.05 Å². The standard InChI is InChI=1S/C13H15BrN2O/c1-15(2)8-9-6-13(17)16(3)12-5-4-10(14)7-11(9)12/h4-7H,8H2,1-3H3. The molecule has 0 aliphatic heterocycles. The van der Waals surface area contributed by atoms with E-state index in [0.717, 1.165) is 27.5 Å². The molecule has 1 aromatic heterocycles. The van der Waals surface area contributed by atoms with Gasteiger partial charge < -0.3 is 9.47 Å². The summed E-state index contributed by atoms with van der Waals surface area (Å²) >= 11 is 3.47. The number of halogens is 1. The SMILES string of the molecule is CN(C)Cc1cc(=O)n(C)c2ccc(Br)cc12. The Labute approximate surface area is 109 Å². The normalized spacial score (nSPS) is 11.4. The predicted octanol–water partition coefficient (Wildman–Crippen LogP) is 2.36. The Kier molecular flexibility index (Phi) is 3.35. The molecule has 0 unspecified atom stereocenters. The fourth-order valence-electron chi connectivity index (χ4n) is 1.97. The number of benzene rings is 1. The van der Waals surface area contributed by atoms with E-state index >= 15 is 0 Å². The molecule has 0 bridgehead atoms. The zero-order valence-corrected chi connectivity index (χ0v) is 11.8. The van der Waals surface area contributed by atoms with Gasteiger partial charge in [0.1, 0.15) is 0 Å².